The molecular weight excluding hydrogens is 430 g/mol. The molecule has 4 aliphatic rings. The molecule has 2 aliphatic carbocycles. The Morgan fingerprint density at radius 2 is 1.69 bits per heavy atom. The number of allylic oxidation sites excluding steroid dienone is 5. The Hall–Kier alpha value is -3.11. The van der Waals surface area contributed by atoms with E-state index in [1.54, 1.807) is 12.5 Å². The summed E-state index contributed by atoms with van der Waals surface area (Å²) in [5.74, 6) is 1.57. The summed E-state index contributed by atoms with van der Waals surface area (Å²) in [6.07, 6.45) is 18.4. The third kappa shape index (κ3) is 5.13. The molecule has 4 heteroatoms. The van der Waals surface area contributed by atoms with Crippen LogP contribution < -0.4 is 11.1 Å². The molecule has 0 saturated carbocycles. The fourth-order valence-electron chi connectivity index (χ4n) is 6.39. The summed E-state index contributed by atoms with van der Waals surface area (Å²) in [4.78, 5) is 13.7. The number of rotatable bonds is 1. The lowest BCUT2D eigenvalue weighted by molar-refractivity contribution is -0.130. The van der Waals surface area contributed by atoms with E-state index in [1.165, 1.54) is 33.9 Å². The van der Waals surface area contributed by atoms with Crippen molar-refractivity contribution in [3.63, 3.8) is 0 Å². The van der Waals surface area contributed by atoms with Gasteiger partial charge in [0, 0.05) is 38.5 Å². The van der Waals surface area contributed by atoms with Gasteiger partial charge in [0.1, 0.15) is 0 Å². The number of nitrogens with two attached hydrogens (primary N) is 1. The second kappa shape index (κ2) is 10.7. The molecule has 1 saturated heterocycles. The van der Waals surface area contributed by atoms with Crippen LogP contribution in [0.4, 0.5) is 0 Å². The van der Waals surface area contributed by atoms with Crippen LogP contribution in [0.5, 0.6) is 0 Å². The molecule has 0 bridgehead atoms. The number of hydrogen-bond acceptors (Lipinski definition) is 3. The molecule has 0 aromatic heterocycles. The number of nitrogens with one attached hydrogen (secondary N) is 1. The van der Waals surface area contributed by atoms with E-state index in [2.05, 4.69) is 41.7 Å². The zero-order valence-corrected chi connectivity index (χ0v) is 20.7. The standard InChI is InChI=1S/C25H30N2O.C6H7N/c1-16(28)27-12-10-17(11-13-27)19-14-24-22-7-6-18-4-2-3-5-20(18)21(22)8-9-23(24)25(26)15-19;1-2-4-6-7-5-3-1/h2-7,17,19,25H,8-15,26H2,1H3;1-7H. The minimum Gasteiger partial charge on any atom is -0.368 e. The molecule has 182 valence electrons. The molecule has 1 amide bonds. The monoisotopic (exact) mass is 467 g/mol. The Kier molecular flexibility index (Phi) is 7.19. The zero-order valence-electron chi connectivity index (χ0n) is 20.7. The summed E-state index contributed by atoms with van der Waals surface area (Å²) >= 11 is 0. The molecule has 2 atom stereocenters. The van der Waals surface area contributed by atoms with Gasteiger partial charge in [-0.05, 0) is 95.6 Å². The molecule has 2 heterocycles. The Bertz CT molecular complexity index is 1180. The number of hydrogen-bond donors (Lipinski definition) is 2. The van der Waals surface area contributed by atoms with Crippen molar-refractivity contribution >= 4 is 22.3 Å². The van der Waals surface area contributed by atoms with Crippen LogP contribution in [0, 0.1) is 11.8 Å². The number of carbonyl (C=O) groups excluding carboxylic acids is 1. The van der Waals surface area contributed by atoms with Crippen LogP contribution in [0.3, 0.4) is 0 Å². The van der Waals surface area contributed by atoms with Crippen LogP contribution in [0.15, 0.2) is 78.7 Å². The van der Waals surface area contributed by atoms with Crippen molar-refractivity contribution in [2.45, 2.75) is 51.5 Å². The van der Waals surface area contributed by atoms with Crippen molar-refractivity contribution in [2.75, 3.05) is 13.1 Å². The molecule has 6 rings (SSSR count). The minimum absolute atomic E-state index is 0.208. The molecule has 2 aliphatic heterocycles. The molecule has 0 radical (unpaired) electrons. The van der Waals surface area contributed by atoms with E-state index in [-0.39, 0.29) is 11.9 Å². The van der Waals surface area contributed by atoms with Gasteiger partial charge >= 0.3 is 0 Å². The van der Waals surface area contributed by atoms with Gasteiger partial charge in [-0.2, -0.15) is 0 Å². The second-order valence-corrected chi connectivity index (χ2v) is 10.2. The highest BCUT2D eigenvalue weighted by Crippen LogP contribution is 2.46. The number of nitrogens with zero attached hydrogens (tertiary/aromatic N) is 1. The number of likely N-dealkylation sites (tertiary alicyclic amines) is 1. The molecule has 2 aromatic rings. The summed E-state index contributed by atoms with van der Waals surface area (Å²) < 4.78 is 0. The quantitative estimate of drug-likeness (QED) is 0.565. The molecule has 4 nitrogen and oxygen atoms in total. The van der Waals surface area contributed by atoms with Crippen molar-refractivity contribution in [1.82, 2.24) is 10.2 Å². The van der Waals surface area contributed by atoms with Crippen LogP contribution in [0.25, 0.3) is 16.3 Å². The van der Waals surface area contributed by atoms with Gasteiger partial charge in [-0.15, -0.1) is 0 Å². The van der Waals surface area contributed by atoms with E-state index in [9.17, 15) is 4.79 Å². The molecule has 3 N–H and O–H groups in total. The van der Waals surface area contributed by atoms with Crippen LogP contribution in [0.2, 0.25) is 0 Å². The van der Waals surface area contributed by atoms with Crippen molar-refractivity contribution in [2.24, 2.45) is 17.6 Å². The zero-order chi connectivity index (χ0) is 24.2. The summed E-state index contributed by atoms with van der Waals surface area (Å²) in [5, 5.41) is 5.68. The Morgan fingerprint density at radius 3 is 2.43 bits per heavy atom. The average molecular weight is 468 g/mol. The Labute approximate surface area is 209 Å². The first-order chi connectivity index (χ1) is 17.1. The highest BCUT2D eigenvalue weighted by atomic mass is 16.2. The molecule has 0 spiro atoms. The topological polar surface area (TPSA) is 58.4 Å². The molecule has 2 aromatic carbocycles. The lowest BCUT2D eigenvalue weighted by Crippen LogP contribution is -2.41. The fourth-order valence-corrected chi connectivity index (χ4v) is 6.39. The number of carbonyl (C=O) groups is 1. The van der Waals surface area contributed by atoms with Crippen LogP contribution in [-0.2, 0) is 11.2 Å². The van der Waals surface area contributed by atoms with Gasteiger partial charge in [0.2, 0.25) is 5.91 Å². The van der Waals surface area contributed by atoms with Crippen LogP contribution >= 0.6 is 0 Å². The normalized spacial score (nSPS) is 23.7. The summed E-state index contributed by atoms with van der Waals surface area (Å²) in [5.41, 5.74) is 12.8. The van der Waals surface area contributed by atoms with Crippen LogP contribution in [0.1, 0.15) is 50.2 Å². The highest BCUT2D eigenvalue weighted by molar-refractivity contribution is 5.92. The predicted molar refractivity (Wildman–Crippen MR) is 145 cm³/mol. The maximum Gasteiger partial charge on any atom is 0.219 e. The summed E-state index contributed by atoms with van der Waals surface area (Å²) in [6, 6.07) is 13.6. The molecule has 35 heavy (non-hydrogen) atoms. The average Bonchev–Trinajstić information content (AvgIpc) is 3.22. The predicted octanol–water partition coefficient (Wildman–Crippen LogP) is 5.71. The first-order valence-corrected chi connectivity index (χ1v) is 13.1. The summed E-state index contributed by atoms with van der Waals surface area (Å²) in [6.45, 7) is 3.52. The van der Waals surface area contributed by atoms with Gasteiger partial charge in [0.25, 0.3) is 0 Å². The van der Waals surface area contributed by atoms with Crippen molar-refractivity contribution in [1.29, 1.82) is 0 Å². The lowest BCUT2D eigenvalue weighted by Gasteiger charge is -2.42. The van der Waals surface area contributed by atoms with Gasteiger partial charge in [0.05, 0.1) is 0 Å². The number of fused-ring (bicyclic) bond motifs is 4. The number of amides is 1. The summed E-state index contributed by atoms with van der Waals surface area (Å²) in [7, 11) is 0. The highest BCUT2D eigenvalue weighted by Gasteiger charge is 2.36. The second-order valence-electron chi connectivity index (χ2n) is 10.2. The Balaban J connectivity index is 0.000000313. The number of aryl methyl sites for hydroxylation is 1. The van der Waals surface area contributed by atoms with Crippen molar-refractivity contribution in [3.8, 4) is 0 Å². The van der Waals surface area contributed by atoms with Crippen LogP contribution in [-0.4, -0.2) is 29.9 Å². The van der Waals surface area contributed by atoms with Crippen molar-refractivity contribution < 1.29 is 4.79 Å². The van der Waals surface area contributed by atoms with E-state index in [1.807, 2.05) is 41.6 Å². The van der Waals surface area contributed by atoms with E-state index in [0.29, 0.717) is 11.8 Å². The van der Waals surface area contributed by atoms with Crippen molar-refractivity contribution in [3.05, 3.63) is 89.8 Å². The van der Waals surface area contributed by atoms with Gasteiger partial charge in [-0.1, -0.05) is 48.6 Å². The van der Waals surface area contributed by atoms with E-state index in [4.69, 9.17) is 5.73 Å². The van der Waals surface area contributed by atoms with Gasteiger partial charge in [-0.3, -0.25) is 4.79 Å². The van der Waals surface area contributed by atoms with E-state index >= 15 is 0 Å². The largest absolute Gasteiger partial charge is 0.368 e. The number of benzene rings is 2. The Morgan fingerprint density at radius 1 is 0.943 bits per heavy atom. The van der Waals surface area contributed by atoms with Gasteiger partial charge in [0.15, 0.2) is 0 Å². The van der Waals surface area contributed by atoms with E-state index in [0.717, 1.165) is 45.2 Å². The van der Waals surface area contributed by atoms with E-state index < -0.39 is 0 Å². The lowest BCUT2D eigenvalue weighted by atomic mass is 9.67. The first-order valence-electron chi connectivity index (χ1n) is 13.1. The SMILES string of the molecule is C1=CC=CNC=C1.CC(=O)N1CCC(C2CC3=C(CCc4c3ccc3ccccc43)C(N)C2)CC1. The maximum absolute atomic E-state index is 11.7. The molecule has 2 unspecified atom stereocenters. The number of piperidine rings is 1. The smallest absolute Gasteiger partial charge is 0.219 e. The van der Waals surface area contributed by atoms with Gasteiger partial charge < -0.3 is 16.0 Å². The third-order valence-corrected chi connectivity index (χ3v) is 8.24. The molecular formula is C31H37N3O. The fraction of sp³-hybridized carbons (Fsp3) is 0.387. The van der Waals surface area contributed by atoms with Gasteiger partial charge in [-0.25, -0.2) is 0 Å². The molecule has 1 fully saturated rings. The maximum atomic E-state index is 11.7. The third-order valence-electron chi connectivity index (χ3n) is 8.24. The first kappa shape index (κ1) is 23.6. The minimum atomic E-state index is 0.208.